The van der Waals surface area contributed by atoms with E-state index in [1.807, 2.05) is 12.2 Å². The fourth-order valence-electron chi connectivity index (χ4n) is 0.597. The highest BCUT2D eigenvalue weighted by atomic mass is 33.1. The van der Waals surface area contributed by atoms with Crippen molar-refractivity contribution in [2.24, 2.45) is 0 Å². The van der Waals surface area contributed by atoms with Gasteiger partial charge in [-0.05, 0) is 17.2 Å². The van der Waals surface area contributed by atoms with Gasteiger partial charge in [-0.1, -0.05) is 12.2 Å². The average Bonchev–Trinajstić information content (AvgIpc) is 1.88. The van der Waals surface area contributed by atoms with Crippen LogP contribution in [-0.4, -0.2) is 9.46 Å². The van der Waals surface area contributed by atoms with E-state index in [1.165, 1.54) is 10.8 Å². The molecule has 0 aromatic carbocycles. The van der Waals surface area contributed by atoms with Gasteiger partial charge >= 0.3 is 0 Å². The normalized spacial score (nSPS) is 34.2. The minimum Gasteiger partial charge on any atom is -0.243 e. The molecule has 50 valence electrons. The first-order valence-electron chi connectivity index (χ1n) is 2.70. The summed E-state index contributed by atoms with van der Waals surface area (Å²) in [6.45, 7) is 3.63. The third-order valence-electron chi connectivity index (χ3n) is 1.06. The predicted octanol–water partition coefficient (Wildman–Crippen LogP) is 1.86. The summed E-state index contributed by atoms with van der Waals surface area (Å²) < 4.78 is 10.8. The van der Waals surface area contributed by atoms with Crippen LogP contribution < -0.4 is 0 Å². The Bertz CT molecular complexity index is 162. The van der Waals surface area contributed by atoms with Gasteiger partial charge in [-0.2, -0.15) is 0 Å². The molecule has 3 heteroatoms. The van der Waals surface area contributed by atoms with Crippen LogP contribution in [-0.2, 0) is 9.83 Å². The second kappa shape index (κ2) is 3.22. The molecule has 0 unspecified atom stereocenters. The molecule has 1 rings (SSSR count). The molecular weight excluding hydrogens is 152 g/mol. The molecule has 1 aliphatic heterocycles. The van der Waals surface area contributed by atoms with E-state index in [1.54, 1.807) is 5.41 Å². The Balaban J connectivity index is 2.56. The minimum absolute atomic E-state index is 0.357. The van der Waals surface area contributed by atoms with Gasteiger partial charge in [-0.3, -0.25) is 0 Å². The minimum atomic E-state index is -0.805. The van der Waals surface area contributed by atoms with Crippen LogP contribution in [0.1, 0.15) is 6.42 Å². The molecule has 0 fully saturated rings. The van der Waals surface area contributed by atoms with Gasteiger partial charge < -0.3 is 0 Å². The zero-order valence-electron chi connectivity index (χ0n) is 4.95. The summed E-state index contributed by atoms with van der Waals surface area (Å²) in [4.78, 5) is 0. The molecule has 0 spiro atoms. The van der Waals surface area contributed by atoms with Crippen molar-refractivity contribution in [1.29, 1.82) is 0 Å². The standard InChI is InChI=1S/C6H8OS2/c1-2-6-4-3-5-9(7)8-6/h2-3,5-6H,1,4H2/t6-,9+/m1/s1. The number of hydrogen-bond donors (Lipinski definition) is 0. The zero-order valence-corrected chi connectivity index (χ0v) is 6.58. The summed E-state index contributed by atoms with van der Waals surface area (Å²) in [6, 6.07) is 0. The Hall–Kier alpha value is -0.0200. The van der Waals surface area contributed by atoms with Gasteiger partial charge in [-0.15, -0.1) is 6.58 Å². The van der Waals surface area contributed by atoms with Crippen LogP contribution in [0.15, 0.2) is 24.1 Å². The lowest BCUT2D eigenvalue weighted by Crippen LogP contribution is -2.00. The monoisotopic (exact) mass is 160 g/mol. The maximum absolute atomic E-state index is 10.8. The predicted molar refractivity (Wildman–Crippen MR) is 43.5 cm³/mol. The Morgan fingerprint density at radius 2 is 2.67 bits per heavy atom. The van der Waals surface area contributed by atoms with E-state index < -0.39 is 9.83 Å². The van der Waals surface area contributed by atoms with Crippen molar-refractivity contribution in [3.63, 3.8) is 0 Å². The molecule has 1 heterocycles. The van der Waals surface area contributed by atoms with E-state index in [2.05, 4.69) is 6.58 Å². The van der Waals surface area contributed by atoms with Crippen LogP contribution >= 0.6 is 10.8 Å². The van der Waals surface area contributed by atoms with Crippen molar-refractivity contribution in [2.75, 3.05) is 0 Å². The van der Waals surface area contributed by atoms with Gasteiger partial charge in [0.05, 0.1) is 0 Å². The highest BCUT2D eigenvalue weighted by molar-refractivity contribution is 8.70. The van der Waals surface area contributed by atoms with E-state index in [-0.39, 0.29) is 0 Å². The van der Waals surface area contributed by atoms with E-state index >= 15 is 0 Å². The van der Waals surface area contributed by atoms with Crippen LogP contribution in [0, 0.1) is 0 Å². The molecule has 0 saturated carbocycles. The van der Waals surface area contributed by atoms with E-state index in [0.29, 0.717) is 5.25 Å². The molecule has 0 radical (unpaired) electrons. The van der Waals surface area contributed by atoms with E-state index in [0.717, 1.165) is 6.42 Å². The molecule has 0 saturated heterocycles. The molecule has 0 amide bonds. The fourth-order valence-corrected chi connectivity index (χ4v) is 3.07. The highest BCUT2D eigenvalue weighted by Gasteiger charge is 2.10. The van der Waals surface area contributed by atoms with Gasteiger partial charge in [0.25, 0.3) is 0 Å². The summed E-state index contributed by atoms with van der Waals surface area (Å²) in [5.41, 5.74) is 0. The quantitative estimate of drug-likeness (QED) is 0.430. The van der Waals surface area contributed by atoms with Crippen LogP contribution in [0.25, 0.3) is 0 Å². The summed E-state index contributed by atoms with van der Waals surface area (Å²) in [6.07, 6.45) is 4.75. The molecule has 0 aromatic heterocycles. The molecule has 9 heavy (non-hydrogen) atoms. The van der Waals surface area contributed by atoms with E-state index in [9.17, 15) is 4.21 Å². The van der Waals surface area contributed by atoms with Crippen molar-refractivity contribution in [3.05, 3.63) is 24.1 Å². The Morgan fingerprint density at radius 3 is 3.11 bits per heavy atom. The summed E-state index contributed by atoms with van der Waals surface area (Å²) in [5, 5.41) is 2.08. The molecule has 2 atom stereocenters. The largest absolute Gasteiger partial charge is 0.243 e. The second-order valence-electron chi connectivity index (χ2n) is 1.74. The SMILES string of the molecule is C=C[C@@H]1CC=C[S@@](=O)S1. The number of hydrogen-bond acceptors (Lipinski definition) is 2. The summed E-state index contributed by atoms with van der Waals surface area (Å²) in [7, 11) is 0.648. The summed E-state index contributed by atoms with van der Waals surface area (Å²) >= 11 is 0. The molecular formula is C6H8OS2. The maximum Gasteiger partial charge on any atom is 0.105 e. The first-order valence-corrected chi connectivity index (χ1v) is 5.31. The molecule has 0 aliphatic carbocycles. The van der Waals surface area contributed by atoms with E-state index in [4.69, 9.17) is 0 Å². The smallest absolute Gasteiger partial charge is 0.105 e. The topological polar surface area (TPSA) is 17.1 Å². The molecule has 1 nitrogen and oxygen atoms in total. The first kappa shape index (κ1) is 7.09. The summed E-state index contributed by atoms with van der Waals surface area (Å²) in [5.74, 6) is 0. The van der Waals surface area contributed by atoms with Crippen molar-refractivity contribution < 1.29 is 4.21 Å². The molecule has 0 N–H and O–H groups in total. The van der Waals surface area contributed by atoms with Crippen molar-refractivity contribution in [1.82, 2.24) is 0 Å². The fraction of sp³-hybridized carbons (Fsp3) is 0.333. The van der Waals surface area contributed by atoms with Crippen LogP contribution in [0.2, 0.25) is 0 Å². The van der Waals surface area contributed by atoms with Crippen LogP contribution in [0.5, 0.6) is 0 Å². The molecule has 1 aliphatic rings. The number of rotatable bonds is 1. The first-order chi connectivity index (χ1) is 4.33. The third-order valence-corrected chi connectivity index (χ3v) is 3.94. The number of allylic oxidation sites excluding steroid dienone is 1. The second-order valence-corrected chi connectivity index (χ2v) is 4.89. The lowest BCUT2D eigenvalue weighted by Gasteiger charge is -2.10. The Morgan fingerprint density at radius 1 is 1.89 bits per heavy atom. The lowest BCUT2D eigenvalue weighted by molar-refractivity contribution is 0.695. The molecule has 0 bridgehead atoms. The zero-order chi connectivity index (χ0) is 6.69. The van der Waals surface area contributed by atoms with Crippen LogP contribution in [0.3, 0.4) is 0 Å². The van der Waals surface area contributed by atoms with Gasteiger partial charge in [-0.25, -0.2) is 4.21 Å². The highest BCUT2D eigenvalue weighted by Crippen LogP contribution is 2.25. The maximum atomic E-state index is 10.8. The van der Waals surface area contributed by atoms with Crippen LogP contribution in [0.4, 0.5) is 0 Å². The Kier molecular flexibility index (Phi) is 2.54. The van der Waals surface area contributed by atoms with Crippen molar-refractivity contribution in [2.45, 2.75) is 11.7 Å². The van der Waals surface area contributed by atoms with Gasteiger partial charge in [0.2, 0.25) is 0 Å². The molecule has 0 aromatic rings. The van der Waals surface area contributed by atoms with Crippen molar-refractivity contribution in [3.8, 4) is 0 Å². The third kappa shape index (κ3) is 1.99. The van der Waals surface area contributed by atoms with Gasteiger partial charge in [0.15, 0.2) is 0 Å². The average molecular weight is 160 g/mol. The Labute approximate surface area is 61.1 Å². The van der Waals surface area contributed by atoms with Crippen molar-refractivity contribution >= 4 is 20.6 Å². The lowest BCUT2D eigenvalue weighted by atomic mass is 10.3. The van der Waals surface area contributed by atoms with Gasteiger partial charge in [0, 0.05) is 10.7 Å². The van der Waals surface area contributed by atoms with Gasteiger partial charge in [0.1, 0.15) is 9.83 Å².